The molecule has 0 saturated carbocycles. The number of nitrogens with zero attached hydrogens (tertiary/aromatic N) is 1. The normalized spacial score (nSPS) is 16.7. The van der Waals surface area contributed by atoms with Gasteiger partial charge in [-0.25, -0.2) is 4.79 Å². The molecule has 3 atom stereocenters. The van der Waals surface area contributed by atoms with E-state index in [-0.39, 0.29) is 48.6 Å². The van der Waals surface area contributed by atoms with Gasteiger partial charge in [-0.15, -0.1) is 12.4 Å². The Bertz CT molecular complexity index is 1490. The van der Waals surface area contributed by atoms with Crippen LogP contribution in [0, 0.1) is 5.92 Å². The number of fused-ring (bicyclic) bond motifs is 1. The molecule has 1 aliphatic rings. The van der Waals surface area contributed by atoms with E-state index in [0.717, 1.165) is 6.07 Å². The number of ether oxygens (including phenoxy) is 2. The Labute approximate surface area is 231 Å². The van der Waals surface area contributed by atoms with Crippen molar-refractivity contribution < 1.29 is 37.0 Å². The Morgan fingerprint density at radius 3 is 2.52 bits per heavy atom. The Kier molecular flexibility index (Phi) is 9.10. The minimum Gasteiger partial charge on any atom is -0.461 e. The molecule has 2 heterocycles. The number of aromatic amines is 1. The van der Waals surface area contributed by atoms with Gasteiger partial charge >= 0.3 is 18.2 Å². The predicted molar refractivity (Wildman–Crippen MR) is 142 cm³/mol. The molecular formula is C26H26ClF3N4O6. The summed E-state index contributed by atoms with van der Waals surface area (Å²) in [6.45, 7) is 1.23. The zero-order chi connectivity index (χ0) is 28.5. The summed E-state index contributed by atoms with van der Waals surface area (Å²) in [5.41, 5.74) is 9.49. The third-order valence-corrected chi connectivity index (χ3v) is 6.31. The van der Waals surface area contributed by atoms with E-state index < -0.39 is 53.3 Å². The molecule has 1 aliphatic heterocycles. The van der Waals surface area contributed by atoms with Crippen molar-refractivity contribution in [3.63, 3.8) is 0 Å². The lowest BCUT2D eigenvalue weighted by Crippen LogP contribution is -2.38. The zero-order valence-electron chi connectivity index (χ0n) is 21.1. The van der Waals surface area contributed by atoms with Crippen LogP contribution in [-0.2, 0) is 25.2 Å². The molecule has 10 nitrogen and oxygen atoms in total. The second-order valence-corrected chi connectivity index (χ2v) is 9.21. The Morgan fingerprint density at radius 2 is 1.88 bits per heavy atom. The maximum Gasteiger partial charge on any atom is 0.417 e. The third-order valence-electron chi connectivity index (χ3n) is 6.31. The fourth-order valence-corrected chi connectivity index (χ4v) is 4.33. The summed E-state index contributed by atoms with van der Waals surface area (Å²) in [4.78, 5) is 52.6. The first-order valence-electron chi connectivity index (χ1n) is 11.9. The first-order chi connectivity index (χ1) is 18.3. The van der Waals surface area contributed by atoms with E-state index in [1.165, 1.54) is 54.3 Å². The number of amides is 2. The van der Waals surface area contributed by atoms with Gasteiger partial charge in [0.25, 0.3) is 5.56 Å². The third kappa shape index (κ3) is 6.54. The van der Waals surface area contributed by atoms with Crippen molar-refractivity contribution in [3.05, 3.63) is 64.4 Å². The predicted octanol–water partition coefficient (Wildman–Crippen LogP) is 3.34. The lowest BCUT2D eigenvalue weighted by Gasteiger charge is -2.19. The Morgan fingerprint density at radius 1 is 1.18 bits per heavy atom. The fourth-order valence-electron chi connectivity index (χ4n) is 4.33. The van der Waals surface area contributed by atoms with Gasteiger partial charge in [-0.3, -0.25) is 19.3 Å². The number of hydrogen-bond donors (Lipinski definition) is 3. The number of aromatic nitrogens is 1. The van der Waals surface area contributed by atoms with Crippen LogP contribution in [0.3, 0.4) is 0 Å². The average molecular weight is 583 g/mol. The average Bonchev–Trinajstić information content (AvgIpc) is 3.25. The number of esters is 1. The maximum absolute atomic E-state index is 13.5. The number of H-pyrrole nitrogens is 1. The summed E-state index contributed by atoms with van der Waals surface area (Å²) in [5, 5.41) is 0.513. The molecule has 0 aliphatic carbocycles. The number of benzene rings is 2. The van der Waals surface area contributed by atoms with Gasteiger partial charge in [0.05, 0.1) is 18.0 Å². The van der Waals surface area contributed by atoms with Gasteiger partial charge in [-0.05, 0) is 36.6 Å². The number of halogens is 4. The van der Waals surface area contributed by atoms with Crippen LogP contribution in [0.2, 0.25) is 0 Å². The van der Waals surface area contributed by atoms with E-state index in [9.17, 15) is 32.3 Å². The van der Waals surface area contributed by atoms with Gasteiger partial charge in [0.2, 0.25) is 5.91 Å². The summed E-state index contributed by atoms with van der Waals surface area (Å²) in [6.07, 6.45) is -6.48. The minimum absolute atomic E-state index is 0. The Balaban J connectivity index is 0.00000441. The zero-order valence-corrected chi connectivity index (χ0v) is 21.9. The number of nitrogens with two attached hydrogens (primary N) is 2. The van der Waals surface area contributed by atoms with Crippen LogP contribution in [0.15, 0.2) is 53.3 Å². The maximum atomic E-state index is 13.5. The highest BCUT2D eigenvalue weighted by atomic mass is 35.5. The second-order valence-electron chi connectivity index (χ2n) is 9.21. The summed E-state index contributed by atoms with van der Waals surface area (Å²) >= 11 is 0. The molecule has 4 rings (SSSR count). The van der Waals surface area contributed by atoms with Crippen LogP contribution in [0.25, 0.3) is 22.0 Å². The van der Waals surface area contributed by atoms with Crippen LogP contribution >= 0.6 is 12.4 Å². The molecule has 1 saturated heterocycles. The topological polar surface area (TPSA) is 158 Å². The van der Waals surface area contributed by atoms with Gasteiger partial charge in [0.15, 0.2) is 6.10 Å². The fraction of sp³-hybridized carbons (Fsp3) is 0.308. The lowest BCUT2D eigenvalue weighted by molar-refractivity contribution is -0.153. The van der Waals surface area contributed by atoms with E-state index >= 15 is 0 Å². The van der Waals surface area contributed by atoms with Crippen molar-refractivity contribution in [2.24, 2.45) is 17.4 Å². The number of carbonyl (C=O) groups excluding carboxylic acids is 3. The number of carbonyl (C=O) groups is 3. The van der Waals surface area contributed by atoms with Crippen molar-refractivity contribution in [1.29, 1.82) is 0 Å². The molecule has 0 spiro atoms. The van der Waals surface area contributed by atoms with Crippen molar-refractivity contribution >= 4 is 46.8 Å². The molecule has 5 N–H and O–H groups in total. The number of nitrogens with one attached hydrogen (secondary N) is 1. The highest BCUT2D eigenvalue weighted by molar-refractivity contribution is 5.95. The van der Waals surface area contributed by atoms with Gasteiger partial charge in [-0.1, -0.05) is 24.3 Å². The van der Waals surface area contributed by atoms with E-state index in [1.54, 1.807) is 0 Å². The summed E-state index contributed by atoms with van der Waals surface area (Å²) in [7, 11) is 0. The SMILES string of the molecule is CC(N)C(CC(N)=O)C(=O)OC[C@H]1CN(c2ccc3cc(-c4ccccc4C(F)(F)F)[nH]c(=O)c3c2)C(=O)O1.Cl. The van der Waals surface area contributed by atoms with Crippen molar-refractivity contribution in [2.45, 2.75) is 31.7 Å². The molecule has 0 bridgehead atoms. The monoisotopic (exact) mass is 582 g/mol. The summed E-state index contributed by atoms with van der Waals surface area (Å²) in [6, 6.07) is 10.1. The number of primary amides is 1. The molecule has 0 radical (unpaired) electrons. The van der Waals surface area contributed by atoms with Crippen molar-refractivity contribution in [2.75, 3.05) is 18.1 Å². The molecule has 1 aromatic heterocycles. The van der Waals surface area contributed by atoms with Crippen LogP contribution in [0.4, 0.5) is 23.7 Å². The van der Waals surface area contributed by atoms with Gasteiger partial charge in [-0.2, -0.15) is 13.2 Å². The van der Waals surface area contributed by atoms with Crippen LogP contribution in [-0.4, -0.2) is 48.3 Å². The largest absolute Gasteiger partial charge is 0.461 e. The number of alkyl halides is 3. The number of anilines is 1. The van der Waals surface area contributed by atoms with Crippen molar-refractivity contribution in [1.82, 2.24) is 4.98 Å². The first-order valence-corrected chi connectivity index (χ1v) is 11.9. The van der Waals surface area contributed by atoms with E-state index in [1.807, 2.05) is 0 Å². The molecule has 2 aromatic carbocycles. The number of rotatable bonds is 8. The minimum atomic E-state index is -4.61. The van der Waals surface area contributed by atoms with E-state index in [0.29, 0.717) is 11.1 Å². The number of cyclic esters (lactones) is 1. The standard InChI is InChI=1S/C26H25F3N4O6.ClH/c1-13(30)18(10-22(31)34)24(36)38-12-16-11-33(25(37)39-16)15-7-6-14-8-21(32-23(35)19(14)9-15)17-4-2-3-5-20(17)26(27,28)29;/h2-9,13,16,18H,10-12,30H2,1H3,(H2,31,34)(H,32,35);1H/t13?,16-,18?;/m1./s1. The molecular weight excluding hydrogens is 557 g/mol. The molecule has 1 fully saturated rings. The molecule has 14 heteroatoms. The number of hydrogen-bond acceptors (Lipinski definition) is 7. The molecule has 2 amide bonds. The molecule has 2 unspecified atom stereocenters. The number of pyridine rings is 1. The van der Waals surface area contributed by atoms with Crippen LogP contribution in [0.5, 0.6) is 0 Å². The van der Waals surface area contributed by atoms with Gasteiger partial charge in [0, 0.05) is 34.8 Å². The van der Waals surface area contributed by atoms with Crippen LogP contribution in [0.1, 0.15) is 18.9 Å². The second kappa shape index (κ2) is 12.0. The molecule has 214 valence electrons. The van der Waals surface area contributed by atoms with Crippen molar-refractivity contribution in [3.8, 4) is 11.3 Å². The highest BCUT2D eigenvalue weighted by Crippen LogP contribution is 2.36. The van der Waals surface area contributed by atoms with E-state index in [4.69, 9.17) is 20.9 Å². The first kappa shape index (κ1) is 30.4. The Hall–Kier alpha value is -4.10. The lowest BCUT2D eigenvalue weighted by atomic mass is 9.98. The quantitative estimate of drug-likeness (QED) is 0.344. The molecule has 40 heavy (non-hydrogen) atoms. The highest BCUT2D eigenvalue weighted by Gasteiger charge is 2.35. The van der Waals surface area contributed by atoms with Crippen LogP contribution < -0.4 is 21.9 Å². The van der Waals surface area contributed by atoms with Gasteiger partial charge < -0.3 is 25.9 Å². The summed E-state index contributed by atoms with van der Waals surface area (Å²) < 4.78 is 50.9. The van der Waals surface area contributed by atoms with Gasteiger partial charge in [0.1, 0.15) is 6.61 Å². The molecule has 3 aromatic rings. The van der Waals surface area contributed by atoms with E-state index in [2.05, 4.69) is 4.98 Å². The smallest absolute Gasteiger partial charge is 0.417 e. The summed E-state index contributed by atoms with van der Waals surface area (Å²) in [5.74, 6) is -2.41.